The van der Waals surface area contributed by atoms with Crippen LogP contribution < -0.4 is 32.7 Å². The number of hydrogen-bond donors (Lipinski definition) is 9. The summed E-state index contributed by atoms with van der Waals surface area (Å²) in [4.78, 5) is 72.0. The van der Waals surface area contributed by atoms with Gasteiger partial charge in [-0.3, -0.25) is 14.4 Å². The summed E-state index contributed by atoms with van der Waals surface area (Å²) in [5.74, 6) is -2.69. The number of thioether (sulfide) groups is 1. The Bertz CT molecular complexity index is 1660. The maximum Gasteiger partial charge on any atom is 0.326 e. The average Bonchev–Trinajstić information content (AvgIpc) is 3.59. The second-order valence-electron chi connectivity index (χ2n) is 11.0. The third-order valence-corrected chi connectivity index (χ3v) is 8.95. The zero-order valence-electron chi connectivity index (χ0n) is 25.6. The predicted molar refractivity (Wildman–Crippen MR) is 175 cm³/mol. The van der Waals surface area contributed by atoms with Crippen LogP contribution in [0.2, 0.25) is 0 Å². The SMILES string of the molecule is Nc1nc(N)c2nc(CNc3ccc(C(=O)NC(CCC(=O)O)C(=O)O)cc3)cnc2n1.O=C(O)CCCC[C@@H]1SC[C@@H]2NC(=O)N[C@@H]21. The highest BCUT2D eigenvalue weighted by atomic mass is 32.2. The van der Waals surface area contributed by atoms with Gasteiger partial charge in [0, 0.05) is 35.1 Å². The standard InChI is InChI=1S/C19H20N8O5.C10H16N2O3S/c20-15-14-16(27-19(21)26-15)23-8-11(24-14)7-22-10-3-1-9(2-4-10)17(30)25-12(18(31)32)5-6-13(28)29;13-8(14)4-2-1-3-7-9-6(5-16-7)11-10(15)12-9/h1-4,8,12,22H,5-7H2,(H,25,30)(H,28,29)(H,31,32)(H4,20,21,23,26,27);6-7,9H,1-5H2,(H,13,14)(H2,11,12,15)/t;6-,7-,9-/m.0/s1. The van der Waals surface area contributed by atoms with Gasteiger partial charge in [-0.2, -0.15) is 21.7 Å². The molecule has 11 N–H and O–H groups in total. The van der Waals surface area contributed by atoms with Gasteiger partial charge in [0.1, 0.15) is 6.04 Å². The minimum absolute atomic E-state index is 0.0101. The van der Waals surface area contributed by atoms with Gasteiger partial charge in [-0.25, -0.2) is 19.6 Å². The molecule has 4 atom stereocenters. The molecule has 3 amide bonds. The first-order valence-electron chi connectivity index (χ1n) is 14.9. The van der Waals surface area contributed by atoms with Gasteiger partial charge in [0.2, 0.25) is 5.95 Å². The van der Waals surface area contributed by atoms with Gasteiger partial charge in [0.15, 0.2) is 17.0 Å². The Balaban J connectivity index is 0.000000271. The number of nitrogens with two attached hydrogens (primary N) is 2. The third-order valence-electron chi connectivity index (χ3n) is 7.44. The van der Waals surface area contributed by atoms with E-state index in [0.29, 0.717) is 28.7 Å². The molecule has 2 aromatic heterocycles. The second-order valence-corrected chi connectivity index (χ2v) is 12.3. The molecular weight excluding hydrogens is 648 g/mol. The molecule has 1 unspecified atom stereocenters. The molecule has 18 nitrogen and oxygen atoms in total. The molecule has 0 saturated carbocycles. The molecule has 0 radical (unpaired) electrons. The Hall–Kier alpha value is -5.46. The van der Waals surface area contributed by atoms with Crippen molar-refractivity contribution in [1.82, 2.24) is 35.9 Å². The molecule has 0 bridgehead atoms. The first-order valence-corrected chi connectivity index (χ1v) is 16.0. The van der Waals surface area contributed by atoms with Crippen LogP contribution in [0.15, 0.2) is 30.5 Å². The van der Waals surface area contributed by atoms with Crippen molar-refractivity contribution in [3.8, 4) is 0 Å². The lowest BCUT2D eigenvalue weighted by Crippen LogP contribution is -2.41. The molecule has 5 rings (SSSR count). The molecule has 2 aliphatic heterocycles. The Morgan fingerprint density at radius 3 is 2.40 bits per heavy atom. The molecule has 4 heterocycles. The first-order chi connectivity index (χ1) is 22.9. The molecule has 2 saturated heterocycles. The van der Waals surface area contributed by atoms with E-state index >= 15 is 0 Å². The van der Waals surface area contributed by atoms with Crippen LogP contribution in [0, 0.1) is 0 Å². The summed E-state index contributed by atoms with van der Waals surface area (Å²) in [6.45, 7) is 0.300. The fraction of sp³-hybridized carbons (Fsp3) is 0.414. The van der Waals surface area contributed by atoms with Crippen molar-refractivity contribution in [3.05, 3.63) is 41.7 Å². The summed E-state index contributed by atoms with van der Waals surface area (Å²) in [6.07, 6.45) is 3.81. The molecule has 256 valence electrons. The lowest BCUT2D eigenvalue weighted by atomic mass is 10.0. The summed E-state index contributed by atoms with van der Waals surface area (Å²) in [5.41, 5.74) is 13.4. The highest BCUT2D eigenvalue weighted by molar-refractivity contribution is 8.00. The fourth-order valence-corrected chi connectivity index (χ4v) is 6.58. The second kappa shape index (κ2) is 16.4. The molecule has 3 aromatic rings. The molecule has 0 spiro atoms. The van der Waals surface area contributed by atoms with Crippen molar-refractivity contribution in [1.29, 1.82) is 0 Å². The van der Waals surface area contributed by atoms with Crippen LogP contribution in [0.3, 0.4) is 0 Å². The number of nitrogen functional groups attached to an aromatic ring is 2. The van der Waals surface area contributed by atoms with Gasteiger partial charge in [0.05, 0.1) is 30.5 Å². The maximum atomic E-state index is 12.3. The monoisotopic (exact) mass is 684 g/mol. The Morgan fingerprint density at radius 2 is 1.71 bits per heavy atom. The van der Waals surface area contributed by atoms with E-state index in [0.717, 1.165) is 25.0 Å². The van der Waals surface area contributed by atoms with Gasteiger partial charge >= 0.3 is 23.9 Å². The molecular formula is C29H36N10O8S. The van der Waals surface area contributed by atoms with E-state index in [9.17, 15) is 24.0 Å². The zero-order valence-corrected chi connectivity index (χ0v) is 26.4. The lowest BCUT2D eigenvalue weighted by Gasteiger charge is -2.16. The molecule has 48 heavy (non-hydrogen) atoms. The van der Waals surface area contributed by atoms with Crippen LogP contribution in [-0.2, 0) is 20.9 Å². The van der Waals surface area contributed by atoms with E-state index < -0.39 is 29.9 Å². The van der Waals surface area contributed by atoms with Crippen LogP contribution in [0.5, 0.6) is 0 Å². The van der Waals surface area contributed by atoms with Crippen molar-refractivity contribution < 1.29 is 39.3 Å². The average molecular weight is 685 g/mol. The Kier molecular flexibility index (Phi) is 12.1. The predicted octanol–water partition coefficient (Wildman–Crippen LogP) is 1.04. The largest absolute Gasteiger partial charge is 0.481 e. The van der Waals surface area contributed by atoms with Crippen LogP contribution in [0.4, 0.5) is 22.2 Å². The van der Waals surface area contributed by atoms with E-state index in [1.54, 1.807) is 12.1 Å². The summed E-state index contributed by atoms with van der Waals surface area (Å²) in [6, 6.07) is 5.43. The van der Waals surface area contributed by atoms with Crippen molar-refractivity contribution in [3.63, 3.8) is 0 Å². The normalized spacial score (nSPS) is 18.4. The summed E-state index contributed by atoms with van der Waals surface area (Å²) in [7, 11) is 0. The van der Waals surface area contributed by atoms with Crippen molar-refractivity contribution in [2.24, 2.45) is 0 Å². The zero-order chi connectivity index (χ0) is 34.8. The van der Waals surface area contributed by atoms with E-state index in [2.05, 4.69) is 41.2 Å². The van der Waals surface area contributed by atoms with Crippen molar-refractivity contribution >= 4 is 70.2 Å². The first kappa shape index (κ1) is 35.4. The topological polar surface area (TPSA) is 298 Å². The van der Waals surface area contributed by atoms with E-state index in [1.807, 2.05) is 11.8 Å². The van der Waals surface area contributed by atoms with Crippen LogP contribution in [-0.4, -0.2) is 94.2 Å². The minimum Gasteiger partial charge on any atom is -0.481 e. The van der Waals surface area contributed by atoms with Crippen LogP contribution in [0.25, 0.3) is 11.2 Å². The Labute approximate surface area is 277 Å². The summed E-state index contributed by atoms with van der Waals surface area (Å²) in [5, 5.41) is 38.1. The maximum absolute atomic E-state index is 12.3. The van der Waals surface area contributed by atoms with E-state index in [-0.39, 0.29) is 60.4 Å². The molecule has 0 aliphatic carbocycles. The number of nitrogens with one attached hydrogen (secondary N) is 4. The number of anilines is 3. The highest BCUT2D eigenvalue weighted by Gasteiger charge is 2.42. The smallest absolute Gasteiger partial charge is 0.326 e. The summed E-state index contributed by atoms with van der Waals surface area (Å²) >= 11 is 1.87. The number of fused-ring (bicyclic) bond motifs is 2. The molecule has 1 aromatic carbocycles. The summed E-state index contributed by atoms with van der Waals surface area (Å²) < 4.78 is 0. The number of carbonyl (C=O) groups is 5. The number of aromatic nitrogens is 4. The number of aliphatic carboxylic acids is 3. The van der Waals surface area contributed by atoms with E-state index in [1.165, 1.54) is 18.3 Å². The van der Waals surface area contributed by atoms with Gasteiger partial charge in [0.25, 0.3) is 5.91 Å². The van der Waals surface area contributed by atoms with Crippen LogP contribution >= 0.6 is 11.8 Å². The number of carboxylic acids is 3. The number of unbranched alkanes of at least 4 members (excludes halogenated alkanes) is 1. The number of carbonyl (C=O) groups excluding carboxylic acids is 2. The quantitative estimate of drug-likeness (QED) is 0.0846. The molecule has 2 fully saturated rings. The van der Waals surface area contributed by atoms with Crippen molar-refractivity contribution in [2.45, 2.75) is 68.4 Å². The minimum atomic E-state index is -1.30. The number of carboxylic acid groups (broad SMARTS) is 3. The van der Waals surface area contributed by atoms with Gasteiger partial charge in [-0.1, -0.05) is 6.42 Å². The lowest BCUT2D eigenvalue weighted by molar-refractivity contribution is -0.141. The van der Waals surface area contributed by atoms with Crippen LogP contribution in [0.1, 0.15) is 54.6 Å². The van der Waals surface area contributed by atoms with Gasteiger partial charge < -0.3 is 48.1 Å². The molecule has 2 aliphatic rings. The number of nitrogens with zero attached hydrogens (tertiary/aromatic N) is 4. The van der Waals surface area contributed by atoms with Gasteiger partial charge in [-0.05, 0) is 43.5 Å². The number of hydrogen-bond acceptors (Lipinski definition) is 13. The van der Waals surface area contributed by atoms with Crippen molar-refractivity contribution in [2.75, 3.05) is 22.5 Å². The fourth-order valence-electron chi connectivity index (χ4n) is 5.03. The number of rotatable bonds is 14. The molecule has 19 heteroatoms. The van der Waals surface area contributed by atoms with Gasteiger partial charge in [-0.15, -0.1) is 0 Å². The number of benzene rings is 1. The third kappa shape index (κ3) is 10.0. The number of urea groups is 1. The number of amides is 3. The highest BCUT2D eigenvalue weighted by Crippen LogP contribution is 2.33. The van der Waals surface area contributed by atoms with E-state index in [4.69, 9.17) is 26.8 Å². The Morgan fingerprint density at radius 1 is 0.979 bits per heavy atom.